The first-order valence-corrected chi connectivity index (χ1v) is 6.95. The maximum Gasteiger partial charge on any atom is 0.243 e. The molecule has 0 spiro atoms. The van der Waals surface area contributed by atoms with E-state index in [1.165, 1.54) is 12.4 Å². The topological polar surface area (TPSA) is 74.8 Å². The number of rotatable bonds is 6. The Balaban J connectivity index is 2.60. The summed E-state index contributed by atoms with van der Waals surface area (Å²) in [5.41, 5.74) is 0. The van der Waals surface area contributed by atoms with Crippen LogP contribution in [0.4, 0.5) is 0 Å². The average Bonchev–Trinajstić information content (AvgIpc) is 2.69. The molecule has 0 saturated heterocycles. The van der Waals surface area contributed by atoms with E-state index in [0.717, 1.165) is 12.8 Å². The van der Waals surface area contributed by atoms with Gasteiger partial charge in [0.05, 0.1) is 6.20 Å². The van der Waals surface area contributed by atoms with Gasteiger partial charge in [-0.25, -0.2) is 13.1 Å². The van der Waals surface area contributed by atoms with Gasteiger partial charge in [0.2, 0.25) is 10.0 Å². The van der Waals surface area contributed by atoms with Crippen LogP contribution < -0.4 is 4.72 Å². The van der Waals surface area contributed by atoms with E-state index in [0.29, 0.717) is 5.92 Å². The van der Waals surface area contributed by atoms with Crippen molar-refractivity contribution in [3.63, 3.8) is 0 Å². The highest BCUT2D eigenvalue weighted by molar-refractivity contribution is 7.89. The molecular weight excluding hydrogens is 226 g/mol. The van der Waals surface area contributed by atoms with Crippen LogP contribution in [0.3, 0.4) is 0 Å². The molecule has 2 N–H and O–H groups in total. The molecule has 0 aromatic carbocycles. The maximum atomic E-state index is 11.8. The van der Waals surface area contributed by atoms with Crippen molar-refractivity contribution >= 4 is 10.0 Å². The van der Waals surface area contributed by atoms with Gasteiger partial charge in [0.1, 0.15) is 4.90 Å². The van der Waals surface area contributed by atoms with Gasteiger partial charge in [-0.05, 0) is 19.3 Å². The SMILES string of the molecule is CCC(C)CC(C)NS(=O)(=O)c1cn[nH]c1. The van der Waals surface area contributed by atoms with E-state index < -0.39 is 10.0 Å². The third kappa shape index (κ3) is 3.61. The zero-order valence-electron chi connectivity index (χ0n) is 9.90. The monoisotopic (exact) mass is 245 g/mol. The highest BCUT2D eigenvalue weighted by Crippen LogP contribution is 2.12. The number of hydrogen-bond acceptors (Lipinski definition) is 3. The van der Waals surface area contributed by atoms with Crippen molar-refractivity contribution < 1.29 is 8.42 Å². The summed E-state index contributed by atoms with van der Waals surface area (Å²) in [6.45, 7) is 6.09. The number of nitrogens with zero attached hydrogens (tertiary/aromatic N) is 1. The standard InChI is InChI=1S/C10H19N3O2S/c1-4-8(2)5-9(3)13-16(14,15)10-6-11-12-7-10/h6-9,13H,4-5H2,1-3H3,(H,11,12). The van der Waals surface area contributed by atoms with Gasteiger partial charge in [0, 0.05) is 12.2 Å². The minimum atomic E-state index is -3.41. The van der Waals surface area contributed by atoms with Crippen LogP contribution in [0, 0.1) is 5.92 Å². The van der Waals surface area contributed by atoms with Gasteiger partial charge in [0.25, 0.3) is 0 Å². The smallest absolute Gasteiger partial charge is 0.243 e. The molecule has 0 saturated carbocycles. The molecule has 0 aliphatic heterocycles. The molecular formula is C10H19N3O2S. The summed E-state index contributed by atoms with van der Waals surface area (Å²) in [7, 11) is -3.41. The summed E-state index contributed by atoms with van der Waals surface area (Å²) in [6.07, 6.45) is 4.57. The Morgan fingerprint density at radius 3 is 2.69 bits per heavy atom. The molecule has 0 bridgehead atoms. The molecule has 0 radical (unpaired) electrons. The van der Waals surface area contributed by atoms with Crippen LogP contribution in [-0.2, 0) is 10.0 Å². The zero-order valence-corrected chi connectivity index (χ0v) is 10.7. The Kier molecular flexibility index (Phi) is 4.49. The molecule has 0 fully saturated rings. The Labute approximate surface area is 96.7 Å². The molecule has 5 nitrogen and oxygen atoms in total. The highest BCUT2D eigenvalue weighted by Gasteiger charge is 2.19. The van der Waals surface area contributed by atoms with Crippen molar-refractivity contribution in [2.24, 2.45) is 5.92 Å². The van der Waals surface area contributed by atoms with Crippen LogP contribution >= 0.6 is 0 Å². The molecule has 1 aromatic rings. The van der Waals surface area contributed by atoms with Crippen LogP contribution in [0.15, 0.2) is 17.3 Å². The van der Waals surface area contributed by atoms with Crippen molar-refractivity contribution in [2.45, 2.75) is 44.6 Å². The van der Waals surface area contributed by atoms with Crippen molar-refractivity contribution in [1.29, 1.82) is 0 Å². The second-order valence-corrected chi connectivity index (χ2v) is 5.92. The lowest BCUT2D eigenvalue weighted by atomic mass is 10.0. The largest absolute Gasteiger partial charge is 0.284 e. The van der Waals surface area contributed by atoms with Gasteiger partial charge < -0.3 is 0 Å². The third-order valence-electron chi connectivity index (χ3n) is 2.59. The van der Waals surface area contributed by atoms with Gasteiger partial charge in [-0.2, -0.15) is 5.10 Å². The third-order valence-corrected chi connectivity index (χ3v) is 4.15. The van der Waals surface area contributed by atoms with Gasteiger partial charge >= 0.3 is 0 Å². The first-order valence-electron chi connectivity index (χ1n) is 5.46. The van der Waals surface area contributed by atoms with Gasteiger partial charge in [-0.3, -0.25) is 5.10 Å². The van der Waals surface area contributed by atoms with E-state index in [9.17, 15) is 8.42 Å². The predicted molar refractivity (Wildman–Crippen MR) is 62.4 cm³/mol. The Hall–Kier alpha value is -0.880. The fraction of sp³-hybridized carbons (Fsp3) is 0.700. The molecule has 92 valence electrons. The molecule has 1 aromatic heterocycles. The van der Waals surface area contributed by atoms with Crippen LogP contribution in [-0.4, -0.2) is 24.7 Å². The van der Waals surface area contributed by atoms with Crippen molar-refractivity contribution in [2.75, 3.05) is 0 Å². The number of hydrogen-bond donors (Lipinski definition) is 2. The Morgan fingerprint density at radius 2 is 2.19 bits per heavy atom. The van der Waals surface area contributed by atoms with E-state index in [4.69, 9.17) is 0 Å². The maximum absolute atomic E-state index is 11.8. The van der Waals surface area contributed by atoms with E-state index in [-0.39, 0.29) is 10.9 Å². The van der Waals surface area contributed by atoms with Crippen molar-refractivity contribution in [1.82, 2.24) is 14.9 Å². The molecule has 16 heavy (non-hydrogen) atoms. The predicted octanol–water partition coefficient (Wildman–Crippen LogP) is 1.51. The molecule has 0 amide bonds. The number of sulfonamides is 1. The molecule has 2 unspecified atom stereocenters. The zero-order chi connectivity index (χ0) is 12.2. The van der Waals surface area contributed by atoms with Crippen LogP contribution in [0.5, 0.6) is 0 Å². The summed E-state index contributed by atoms with van der Waals surface area (Å²) in [5, 5.41) is 6.12. The summed E-state index contributed by atoms with van der Waals surface area (Å²) in [4.78, 5) is 0.184. The Morgan fingerprint density at radius 1 is 1.50 bits per heavy atom. The van der Waals surface area contributed by atoms with Crippen LogP contribution in [0.2, 0.25) is 0 Å². The number of aromatic nitrogens is 2. The summed E-state index contributed by atoms with van der Waals surface area (Å²) < 4.78 is 26.2. The lowest BCUT2D eigenvalue weighted by molar-refractivity contribution is 0.445. The fourth-order valence-corrected chi connectivity index (χ4v) is 2.70. The fourth-order valence-electron chi connectivity index (χ4n) is 1.54. The van der Waals surface area contributed by atoms with Crippen LogP contribution in [0.25, 0.3) is 0 Å². The molecule has 2 atom stereocenters. The summed E-state index contributed by atoms with van der Waals surface area (Å²) >= 11 is 0. The lowest BCUT2D eigenvalue weighted by Gasteiger charge is -2.16. The molecule has 6 heteroatoms. The average molecular weight is 245 g/mol. The van der Waals surface area contributed by atoms with Gasteiger partial charge in [-0.1, -0.05) is 20.3 Å². The van der Waals surface area contributed by atoms with Crippen molar-refractivity contribution in [3.8, 4) is 0 Å². The summed E-state index contributed by atoms with van der Waals surface area (Å²) in [5.74, 6) is 0.516. The summed E-state index contributed by atoms with van der Waals surface area (Å²) in [6, 6.07) is -0.0603. The highest BCUT2D eigenvalue weighted by atomic mass is 32.2. The minimum absolute atomic E-state index is 0.0603. The van der Waals surface area contributed by atoms with E-state index in [2.05, 4.69) is 28.8 Å². The first-order chi connectivity index (χ1) is 7.45. The quantitative estimate of drug-likeness (QED) is 0.797. The second kappa shape index (κ2) is 5.45. The van der Waals surface area contributed by atoms with Crippen molar-refractivity contribution in [3.05, 3.63) is 12.4 Å². The minimum Gasteiger partial charge on any atom is -0.284 e. The molecule has 0 aliphatic carbocycles. The number of aromatic amines is 1. The van der Waals surface area contributed by atoms with E-state index >= 15 is 0 Å². The normalized spacial score (nSPS) is 15.9. The lowest BCUT2D eigenvalue weighted by Crippen LogP contribution is -2.33. The first kappa shape index (κ1) is 13.2. The van der Waals surface area contributed by atoms with Gasteiger partial charge in [-0.15, -0.1) is 0 Å². The van der Waals surface area contributed by atoms with E-state index in [1.807, 2.05) is 6.92 Å². The van der Waals surface area contributed by atoms with Gasteiger partial charge in [0.15, 0.2) is 0 Å². The van der Waals surface area contributed by atoms with Crippen LogP contribution in [0.1, 0.15) is 33.6 Å². The number of H-pyrrole nitrogens is 1. The van der Waals surface area contributed by atoms with E-state index in [1.54, 1.807) is 0 Å². The molecule has 1 rings (SSSR count). The number of nitrogens with one attached hydrogen (secondary N) is 2. The second-order valence-electron chi connectivity index (χ2n) is 4.21. The Bertz CT molecular complexity index is 400. The molecule has 0 aliphatic rings. The molecule has 1 heterocycles.